The van der Waals surface area contributed by atoms with Gasteiger partial charge in [-0.25, -0.2) is 14.8 Å². The number of carboxylic acid groups (broad SMARTS) is 1. The lowest BCUT2D eigenvalue weighted by Crippen LogP contribution is -2.31. The molecule has 0 saturated heterocycles. The number of anilines is 1. The quantitative estimate of drug-likeness (QED) is 0.808. The van der Waals surface area contributed by atoms with Gasteiger partial charge < -0.3 is 10.4 Å². The van der Waals surface area contributed by atoms with Gasteiger partial charge in [0, 0.05) is 12.1 Å². The van der Waals surface area contributed by atoms with Gasteiger partial charge in [-0.1, -0.05) is 13.8 Å². The minimum atomic E-state index is -0.838. The third-order valence-corrected chi connectivity index (χ3v) is 2.94. The maximum atomic E-state index is 11.2. The maximum absolute atomic E-state index is 11.2. The van der Waals surface area contributed by atoms with E-state index in [1.165, 1.54) is 0 Å². The van der Waals surface area contributed by atoms with Crippen molar-refractivity contribution in [2.45, 2.75) is 45.1 Å². The van der Waals surface area contributed by atoms with Gasteiger partial charge in [0.05, 0.1) is 0 Å². The highest BCUT2D eigenvalue weighted by molar-refractivity contribution is 5.76. The topological polar surface area (TPSA) is 75.1 Å². The molecular formula is C13H19N3O2. The second-order valence-electron chi connectivity index (χ2n) is 5.24. The molecule has 1 atom stereocenters. The van der Waals surface area contributed by atoms with Gasteiger partial charge in [0.2, 0.25) is 0 Å². The van der Waals surface area contributed by atoms with Crippen LogP contribution in [0.2, 0.25) is 0 Å². The Morgan fingerprint density at radius 1 is 1.56 bits per heavy atom. The first-order valence-electron chi connectivity index (χ1n) is 6.38. The van der Waals surface area contributed by atoms with Crippen molar-refractivity contribution in [1.29, 1.82) is 0 Å². The molecule has 0 spiro atoms. The van der Waals surface area contributed by atoms with Crippen LogP contribution in [0.3, 0.4) is 0 Å². The largest absolute Gasteiger partial charge is 0.480 e. The Balaban J connectivity index is 2.05. The summed E-state index contributed by atoms with van der Waals surface area (Å²) in [5, 5.41) is 12.2. The Kier molecular flexibility index (Phi) is 3.79. The average Bonchev–Trinajstić information content (AvgIpc) is 3.11. The molecule has 0 amide bonds. The standard InChI is InChI=1S/C13H19N3O2/c1-8(2)7-10(13(17)18)15-11-5-6-14-12(16-11)9-3-4-9/h5-6,8-10H,3-4,7H2,1-2H3,(H,17,18)(H,14,15,16)/t10-/m0/s1. The van der Waals surface area contributed by atoms with Crippen LogP contribution in [0.25, 0.3) is 0 Å². The molecule has 0 unspecified atom stereocenters. The van der Waals surface area contributed by atoms with E-state index < -0.39 is 12.0 Å². The Hall–Kier alpha value is -1.65. The zero-order valence-corrected chi connectivity index (χ0v) is 10.8. The van der Waals surface area contributed by atoms with E-state index in [2.05, 4.69) is 15.3 Å². The first-order valence-corrected chi connectivity index (χ1v) is 6.38. The summed E-state index contributed by atoms with van der Waals surface area (Å²) in [6.45, 7) is 4.01. The number of nitrogens with one attached hydrogen (secondary N) is 1. The Morgan fingerprint density at radius 2 is 2.28 bits per heavy atom. The molecule has 0 aliphatic heterocycles. The summed E-state index contributed by atoms with van der Waals surface area (Å²) < 4.78 is 0. The first kappa shape index (κ1) is 12.8. The SMILES string of the molecule is CC(C)C[C@H](Nc1ccnc(C2CC2)n1)C(=O)O. The van der Waals surface area contributed by atoms with Crippen LogP contribution in [-0.4, -0.2) is 27.1 Å². The fourth-order valence-electron chi connectivity index (χ4n) is 1.86. The van der Waals surface area contributed by atoms with Crippen molar-refractivity contribution in [2.75, 3.05) is 5.32 Å². The van der Waals surface area contributed by atoms with Gasteiger partial charge in [-0.3, -0.25) is 0 Å². The highest BCUT2D eigenvalue weighted by atomic mass is 16.4. The number of hydrogen-bond donors (Lipinski definition) is 2. The van der Waals surface area contributed by atoms with Gasteiger partial charge in [0.15, 0.2) is 0 Å². The van der Waals surface area contributed by atoms with E-state index in [4.69, 9.17) is 5.11 Å². The van der Waals surface area contributed by atoms with Crippen LogP contribution in [0.4, 0.5) is 5.82 Å². The van der Waals surface area contributed by atoms with Gasteiger partial charge in [0.25, 0.3) is 0 Å². The molecule has 2 N–H and O–H groups in total. The van der Waals surface area contributed by atoms with Crippen molar-refractivity contribution in [3.63, 3.8) is 0 Å². The van der Waals surface area contributed by atoms with Crippen LogP contribution in [0.1, 0.15) is 44.9 Å². The smallest absolute Gasteiger partial charge is 0.326 e. The highest BCUT2D eigenvalue weighted by Gasteiger charge is 2.27. The third-order valence-electron chi connectivity index (χ3n) is 2.94. The zero-order chi connectivity index (χ0) is 13.1. The molecule has 98 valence electrons. The maximum Gasteiger partial charge on any atom is 0.326 e. The predicted molar refractivity (Wildman–Crippen MR) is 68.5 cm³/mol. The van der Waals surface area contributed by atoms with Crippen LogP contribution >= 0.6 is 0 Å². The molecule has 1 aromatic heterocycles. The Bertz CT molecular complexity index is 430. The summed E-state index contributed by atoms with van der Waals surface area (Å²) in [5.41, 5.74) is 0. The van der Waals surface area contributed by atoms with E-state index in [9.17, 15) is 4.79 Å². The van der Waals surface area contributed by atoms with E-state index in [0.29, 0.717) is 24.1 Å². The predicted octanol–water partition coefficient (Wildman–Crippen LogP) is 2.27. The summed E-state index contributed by atoms with van der Waals surface area (Å²) in [6.07, 6.45) is 4.55. The van der Waals surface area contributed by atoms with Gasteiger partial charge in [-0.15, -0.1) is 0 Å². The molecule has 2 rings (SSSR count). The van der Waals surface area contributed by atoms with Crippen LogP contribution in [0.5, 0.6) is 0 Å². The van der Waals surface area contributed by atoms with E-state index in [-0.39, 0.29) is 0 Å². The molecule has 1 heterocycles. The minimum absolute atomic E-state index is 0.323. The molecule has 0 radical (unpaired) electrons. The van der Waals surface area contributed by atoms with Gasteiger partial charge in [0.1, 0.15) is 17.7 Å². The van der Waals surface area contributed by atoms with E-state index >= 15 is 0 Å². The Morgan fingerprint density at radius 3 is 2.83 bits per heavy atom. The van der Waals surface area contributed by atoms with Crippen molar-refractivity contribution < 1.29 is 9.90 Å². The van der Waals surface area contributed by atoms with Crippen molar-refractivity contribution in [1.82, 2.24) is 9.97 Å². The molecule has 5 heteroatoms. The van der Waals surface area contributed by atoms with Gasteiger partial charge in [-0.05, 0) is 31.2 Å². The lowest BCUT2D eigenvalue weighted by molar-refractivity contribution is -0.138. The minimum Gasteiger partial charge on any atom is -0.480 e. The lowest BCUT2D eigenvalue weighted by atomic mass is 10.0. The molecule has 5 nitrogen and oxygen atoms in total. The Labute approximate surface area is 107 Å². The summed E-state index contributed by atoms with van der Waals surface area (Å²) >= 11 is 0. The highest BCUT2D eigenvalue weighted by Crippen LogP contribution is 2.38. The zero-order valence-electron chi connectivity index (χ0n) is 10.8. The van der Waals surface area contributed by atoms with Crippen molar-refractivity contribution in [3.8, 4) is 0 Å². The number of carboxylic acids is 1. The molecule has 1 fully saturated rings. The fraction of sp³-hybridized carbons (Fsp3) is 0.615. The van der Waals surface area contributed by atoms with E-state index in [1.54, 1.807) is 12.3 Å². The van der Waals surface area contributed by atoms with E-state index in [0.717, 1.165) is 18.7 Å². The fourth-order valence-corrected chi connectivity index (χ4v) is 1.86. The molecule has 1 aliphatic rings. The second kappa shape index (κ2) is 5.33. The third kappa shape index (κ3) is 3.42. The van der Waals surface area contributed by atoms with Crippen molar-refractivity contribution in [2.24, 2.45) is 5.92 Å². The van der Waals surface area contributed by atoms with Gasteiger partial charge in [-0.2, -0.15) is 0 Å². The molecule has 1 aliphatic carbocycles. The second-order valence-corrected chi connectivity index (χ2v) is 5.24. The summed E-state index contributed by atoms with van der Waals surface area (Å²) in [4.78, 5) is 19.8. The molecule has 1 aromatic rings. The average molecular weight is 249 g/mol. The number of aromatic nitrogens is 2. The number of hydrogen-bond acceptors (Lipinski definition) is 4. The monoisotopic (exact) mass is 249 g/mol. The molecular weight excluding hydrogens is 230 g/mol. The van der Waals surface area contributed by atoms with Crippen LogP contribution in [-0.2, 0) is 4.79 Å². The molecule has 0 aromatic carbocycles. The number of aliphatic carboxylic acids is 1. The summed E-state index contributed by atoms with van der Waals surface area (Å²) in [6, 6.07) is 1.13. The van der Waals surface area contributed by atoms with Gasteiger partial charge >= 0.3 is 5.97 Å². The lowest BCUT2D eigenvalue weighted by Gasteiger charge is -2.17. The summed E-state index contributed by atoms with van der Waals surface area (Å²) in [5.74, 6) is 1.40. The van der Waals surface area contributed by atoms with Crippen LogP contribution in [0, 0.1) is 5.92 Å². The normalized spacial score (nSPS) is 16.6. The van der Waals surface area contributed by atoms with Crippen LogP contribution < -0.4 is 5.32 Å². The number of rotatable bonds is 6. The van der Waals surface area contributed by atoms with E-state index in [1.807, 2.05) is 13.8 Å². The molecule has 1 saturated carbocycles. The first-order chi connectivity index (χ1) is 8.56. The van der Waals surface area contributed by atoms with Crippen molar-refractivity contribution in [3.05, 3.63) is 18.1 Å². The number of nitrogens with zero attached hydrogens (tertiary/aromatic N) is 2. The molecule has 0 bridgehead atoms. The van der Waals surface area contributed by atoms with Crippen molar-refractivity contribution >= 4 is 11.8 Å². The number of carbonyl (C=O) groups is 1. The summed E-state index contributed by atoms with van der Waals surface area (Å²) in [7, 11) is 0. The van der Waals surface area contributed by atoms with Crippen LogP contribution in [0.15, 0.2) is 12.3 Å². The molecule has 18 heavy (non-hydrogen) atoms.